The van der Waals surface area contributed by atoms with Crippen molar-refractivity contribution in [2.75, 3.05) is 0 Å². The van der Waals surface area contributed by atoms with Crippen LogP contribution in [0, 0.1) is 21.4 Å². The number of rotatable bonds is 3. The second-order valence-corrected chi connectivity index (χ2v) is 2.61. The standard InChI is InChI=1S/C8H3F2N3O3/c9-8(10)6-5(1-11)12-2-4(3-14)7(6)13(15)16/h2-3,8H. The number of nitriles is 1. The predicted molar refractivity (Wildman–Crippen MR) is 46.0 cm³/mol. The Bertz CT molecular complexity index is 496. The molecule has 0 aliphatic rings. The Hall–Kier alpha value is -2.43. The van der Waals surface area contributed by atoms with Gasteiger partial charge in [-0.3, -0.25) is 14.9 Å². The Morgan fingerprint density at radius 1 is 1.62 bits per heavy atom. The van der Waals surface area contributed by atoms with E-state index in [2.05, 4.69) is 4.98 Å². The minimum Gasteiger partial charge on any atom is -0.298 e. The molecule has 0 aliphatic heterocycles. The van der Waals surface area contributed by atoms with E-state index in [0.29, 0.717) is 0 Å². The third-order valence-corrected chi connectivity index (χ3v) is 1.75. The lowest BCUT2D eigenvalue weighted by Crippen LogP contribution is -2.05. The molecule has 6 nitrogen and oxygen atoms in total. The molecule has 0 saturated heterocycles. The molecular weight excluding hydrogens is 224 g/mol. The number of hydrogen-bond acceptors (Lipinski definition) is 5. The molecule has 0 atom stereocenters. The number of nitro groups is 1. The summed E-state index contributed by atoms with van der Waals surface area (Å²) in [4.78, 5) is 23.1. The molecule has 16 heavy (non-hydrogen) atoms. The summed E-state index contributed by atoms with van der Waals surface area (Å²) in [6, 6.07) is 1.31. The van der Waals surface area contributed by atoms with Gasteiger partial charge >= 0.3 is 0 Å². The summed E-state index contributed by atoms with van der Waals surface area (Å²) in [7, 11) is 0. The average molecular weight is 227 g/mol. The summed E-state index contributed by atoms with van der Waals surface area (Å²) in [6.45, 7) is 0. The van der Waals surface area contributed by atoms with Crippen molar-refractivity contribution < 1.29 is 18.5 Å². The third kappa shape index (κ3) is 1.83. The van der Waals surface area contributed by atoms with E-state index in [1.54, 1.807) is 0 Å². The minimum absolute atomic E-state index is 0.0398. The Morgan fingerprint density at radius 3 is 2.62 bits per heavy atom. The first-order valence-electron chi connectivity index (χ1n) is 3.83. The van der Waals surface area contributed by atoms with Crippen molar-refractivity contribution in [3.8, 4) is 6.07 Å². The molecule has 8 heteroatoms. The maximum absolute atomic E-state index is 12.5. The third-order valence-electron chi connectivity index (χ3n) is 1.75. The zero-order valence-electron chi connectivity index (χ0n) is 7.55. The summed E-state index contributed by atoms with van der Waals surface area (Å²) in [5.74, 6) is 0. The van der Waals surface area contributed by atoms with E-state index in [-0.39, 0.29) is 6.29 Å². The summed E-state index contributed by atoms with van der Waals surface area (Å²) >= 11 is 0. The van der Waals surface area contributed by atoms with Gasteiger partial charge in [-0.1, -0.05) is 0 Å². The fourth-order valence-electron chi connectivity index (χ4n) is 1.12. The number of nitrogens with zero attached hydrogens (tertiary/aromatic N) is 3. The summed E-state index contributed by atoms with van der Waals surface area (Å²) in [5, 5.41) is 19.0. The molecule has 0 unspecified atom stereocenters. The molecule has 1 aromatic rings. The number of pyridine rings is 1. The van der Waals surface area contributed by atoms with Gasteiger partial charge in [-0.2, -0.15) is 5.26 Å². The normalized spacial score (nSPS) is 9.88. The van der Waals surface area contributed by atoms with Crippen LogP contribution in [-0.2, 0) is 0 Å². The van der Waals surface area contributed by atoms with Gasteiger partial charge in [0.25, 0.3) is 12.1 Å². The Balaban J connectivity index is 3.68. The zero-order valence-corrected chi connectivity index (χ0v) is 7.55. The van der Waals surface area contributed by atoms with Crippen molar-refractivity contribution >= 4 is 12.0 Å². The van der Waals surface area contributed by atoms with Crippen molar-refractivity contribution in [3.63, 3.8) is 0 Å². The van der Waals surface area contributed by atoms with E-state index in [1.165, 1.54) is 6.07 Å². The second kappa shape index (κ2) is 4.39. The highest BCUT2D eigenvalue weighted by atomic mass is 19.3. The molecular formula is C8H3F2N3O3. The van der Waals surface area contributed by atoms with Crippen molar-refractivity contribution in [1.82, 2.24) is 4.98 Å². The second-order valence-electron chi connectivity index (χ2n) is 2.61. The van der Waals surface area contributed by atoms with Crippen LogP contribution in [0.25, 0.3) is 0 Å². The van der Waals surface area contributed by atoms with Gasteiger partial charge in [0.15, 0.2) is 12.0 Å². The van der Waals surface area contributed by atoms with Gasteiger partial charge in [0, 0.05) is 6.20 Å². The number of carbonyl (C=O) groups is 1. The van der Waals surface area contributed by atoms with E-state index in [4.69, 9.17) is 5.26 Å². The lowest BCUT2D eigenvalue weighted by Gasteiger charge is -2.04. The Labute approximate surface area is 87.3 Å². The molecule has 1 heterocycles. The molecule has 0 fully saturated rings. The first kappa shape index (κ1) is 11.6. The van der Waals surface area contributed by atoms with E-state index < -0.39 is 33.9 Å². The van der Waals surface area contributed by atoms with Crippen molar-refractivity contribution in [3.05, 3.63) is 33.1 Å². The van der Waals surface area contributed by atoms with Gasteiger partial charge in [-0.25, -0.2) is 13.8 Å². The highest BCUT2D eigenvalue weighted by Crippen LogP contribution is 2.32. The quantitative estimate of drug-likeness (QED) is 0.443. The zero-order chi connectivity index (χ0) is 12.3. The largest absolute Gasteiger partial charge is 0.298 e. The van der Waals surface area contributed by atoms with Crippen LogP contribution in [0.5, 0.6) is 0 Å². The fraction of sp³-hybridized carbons (Fsp3) is 0.125. The van der Waals surface area contributed by atoms with E-state index in [9.17, 15) is 23.7 Å². The Kier molecular flexibility index (Phi) is 3.20. The molecule has 0 spiro atoms. The number of aldehydes is 1. The molecule has 0 N–H and O–H groups in total. The van der Waals surface area contributed by atoms with Gasteiger partial charge in [-0.15, -0.1) is 0 Å². The molecule has 1 rings (SSSR count). The van der Waals surface area contributed by atoms with Crippen LogP contribution < -0.4 is 0 Å². The maximum Gasteiger partial charge on any atom is 0.293 e. The predicted octanol–water partition coefficient (Wildman–Crippen LogP) is 1.61. The molecule has 82 valence electrons. The van der Waals surface area contributed by atoms with Crippen LogP contribution in [0.1, 0.15) is 28.0 Å². The molecule has 0 bridgehead atoms. The molecule has 0 amide bonds. The lowest BCUT2D eigenvalue weighted by molar-refractivity contribution is -0.386. The first-order valence-corrected chi connectivity index (χ1v) is 3.83. The summed E-state index contributed by atoms with van der Waals surface area (Å²) < 4.78 is 25.1. The average Bonchev–Trinajstić information content (AvgIpc) is 2.26. The number of hydrogen-bond donors (Lipinski definition) is 0. The van der Waals surface area contributed by atoms with Gasteiger partial charge in [0.2, 0.25) is 0 Å². The van der Waals surface area contributed by atoms with Crippen molar-refractivity contribution in [1.29, 1.82) is 5.26 Å². The smallest absolute Gasteiger partial charge is 0.293 e. The lowest BCUT2D eigenvalue weighted by atomic mass is 10.1. The summed E-state index contributed by atoms with van der Waals surface area (Å²) in [5.41, 5.74) is -3.54. The fourth-order valence-corrected chi connectivity index (χ4v) is 1.12. The number of carbonyl (C=O) groups excluding carboxylic acids is 1. The monoisotopic (exact) mass is 227 g/mol. The molecule has 1 aromatic heterocycles. The van der Waals surface area contributed by atoms with Crippen LogP contribution in [0.15, 0.2) is 6.20 Å². The number of halogens is 2. The SMILES string of the molecule is N#Cc1ncc(C=O)c([N+](=O)[O-])c1C(F)F. The van der Waals surface area contributed by atoms with Crippen LogP contribution in [0.3, 0.4) is 0 Å². The van der Waals surface area contributed by atoms with Crippen molar-refractivity contribution in [2.24, 2.45) is 0 Å². The van der Waals surface area contributed by atoms with Gasteiger partial charge in [-0.05, 0) is 0 Å². The van der Waals surface area contributed by atoms with Gasteiger partial charge in [0.05, 0.1) is 4.92 Å². The topological polar surface area (TPSA) is 96.9 Å². The van der Waals surface area contributed by atoms with E-state index >= 15 is 0 Å². The summed E-state index contributed by atoms with van der Waals surface area (Å²) in [6.07, 6.45) is -2.49. The molecule has 0 aliphatic carbocycles. The van der Waals surface area contributed by atoms with Crippen molar-refractivity contribution in [2.45, 2.75) is 6.43 Å². The van der Waals surface area contributed by atoms with Gasteiger partial charge in [0.1, 0.15) is 17.2 Å². The molecule has 0 saturated carbocycles. The van der Waals surface area contributed by atoms with E-state index in [0.717, 1.165) is 6.20 Å². The van der Waals surface area contributed by atoms with Crippen LogP contribution in [-0.4, -0.2) is 16.2 Å². The highest BCUT2D eigenvalue weighted by Gasteiger charge is 2.30. The van der Waals surface area contributed by atoms with Crippen LogP contribution in [0.4, 0.5) is 14.5 Å². The maximum atomic E-state index is 12.5. The number of aromatic nitrogens is 1. The first-order chi connectivity index (χ1) is 7.52. The highest BCUT2D eigenvalue weighted by molar-refractivity contribution is 5.82. The molecule has 0 aromatic carbocycles. The van der Waals surface area contributed by atoms with Crippen LogP contribution in [0.2, 0.25) is 0 Å². The Morgan fingerprint density at radius 2 is 2.25 bits per heavy atom. The minimum atomic E-state index is -3.25. The van der Waals surface area contributed by atoms with E-state index in [1.807, 2.05) is 0 Å². The molecule has 0 radical (unpaired) electrons. The van der Waals surface area contributed by atoms with Gasteiger partial charge < -0.3 is 0 Å². The number of alkyl halides is 2. The van der Waals surface area contributed by atoms with Crippen LogP contribution >= 0.6 is 0 Å².